The summed E-state index contributed by atoms with van der Waals surface area (Å²) in [4.78, 5) is 0. The fourth-order valence-electron chi connectivity index (χ4n) is 0. The molecule has 0 bridgehead atoms. The van der Waals surface area contributed by atoms with Crippen LogP contribution in [0.3, 0.4) is 0 Å². The molecule has 0 spiro atoms. The zero-order valence-corrected chi connectivity index (χ0v) is 10.1. The van der Waals surface area contributed by atoms with Gasteiger partial charge in [-0.25, -0.2) is 0 Å². The van der Waals surface area contributed by atoms with Gasteiger partial charge in [0.1, 0.15) is 0 Å². The minimum absolute atomic E-state index is 0. The van der Waals surface area contributed by atoms with Crippen LogP contribution in [-0.4, -0.2) is 0 Å². The van der Waals surface area contributed by atoms with Crippen LogP contribution >= 0.6 is 0 Å². The molecule has 0 heterocycles. The SMILES string of the molecule is C.C.CC.CC.CC.[CH3-].[Re]. The standard InChI is InChI=1S/3C2H6.2CH4.CH3.Re/c3*1-2;;;;/h3*1-2H3;2*1H4;1H3;/q;;;;;-1;. The van der Waals surface area contributed by atoms with Gasteiger partial charge in [-0.05, 0) is 0 Å². The van der Waals surface area contributed by atoms with Crippen LogP contribution in [0.15, 0.2) is 0 Å². The average molecular weight is 324 g/mol. The molecule has 0 unspecified atom stereocenters. The van der Waals surface area contributed by atoms with Crippen LogP contribution in [0.5, 0.6) is 0 Å². The third-order valence-electron chi connectivity index (χ3n) is 0. The predicted molar refractivity (Wildman–Crippen MR) is 53.9 cm³/mol. The van der Waals surface area contributed by atoms with Crippen LogP contribution in [0.25, 0.3) is 0 Å². The van der Waals surface area contributed by atoms with Crippen molar-refractivity contribution in [2.24, 2.45) is 0 Å². The summed E-state index contributed by atoms with van der Waals surface area (Å²) in [5.41, 5.74) is 0. The maximum Gasteiger partial charge on any atom is 0 e. The summed E-state index contributed by atoms with van der Waals surface area (Å²) in [6.45, 7) is 12.0. The average Bonchev–Trinajstić information content (AvgIpc) is 1.81. The van der Waals surface area contributed by atoms with Gasteiger partial charge in [-0.1, -0.05) is 56.4 Å². The molecular formula is C9H29Re-. The number of rotatable bonds is 0. The normalized spacial score (nSPS) is 1.80. The zero-order valence-electron chi connectivity index (χ0n) is 7.38. The van der Waals surface area contributed by atoms with Crippen molar-refractivity contribution in [1.29, 1.82) is 0 Å². The summed E-state index contributed by atoms with van der Waals surface area (Å²) >= 11 is 0. The maximum atomic E-state index is 2.00. The molecule has 0 aromatic rings. The van der Waals surface area contributed by atoms with E-state index in [-0.39, 0.29) is 42.7 Å². The summed E-state index contributed by atoms with van der Waals surface area (Å²) < 4.78 is 0. The second-order valence-corrected chi connectivity index (χ2v) is 0. The van der Waals surface area contributed by atoms with Crippen molar-refractivity contribution >= 4 is 0 Å². The van der Waals surface area contributed by atoms with Crippen LogP contribution < -0.4 is 0 Å². The van der Waals surface area contributed by atoms with Crippen LogP contribution in [0.2, 0.25) is 0 Å². The van der Waals surface area contributed by atoms with Gasteiger partial charge in [0.2, 0.25) is 0 Å². The first-order chi connectivity index (χ1) is 3.00. The van der Waals surface area contributed by atoms with Crippen LogP contribution in [0.1, 0.15) is 56.4 Å². The van der Waals surface area contributed by atoms with E-state index in [1.165, 1.54) is 0 Å². The van der Waals surface area contributed by atoms with Gasteiger partial charge in [0, 0.05) is 20.4 Å². The van der Waals surface area contributed by atoms with E-state index in [2.05, 4.69) is 0 Å². The quantitative estimate of drug-likeness (QED) is 0.562. The second kappa shape index (κ2) is 1650. The number of hydrogen-bond donors (Lipinski definition) is 0. The Kier molecular flexibility index (Phi) is 12300. The van der Waals surface area contributed by atoms with E-state index in [4.69, 9.17) is 0 Å². The molecule has 0 aliphatic rings. The van der Waals surface area contributed by atoms with Crippen molar-refractivity contribution in [2.45, 2.75) is 56.4 Å². The van der Waals surface area contributed by atoms with E-state index in [9.17, 15) is 0 Å². The van der Waals surface area contributed by atoms with Gasteiger partial charge in [-0.2, -0.15) is 0 Å². The van der Waals surface area contributed by atoms with Crippen LogP contribution in [0, 0.1) is 7.43 Å². The Morgan fingerprint density at radius 1 is 0.500 bits per heavy atom. The molecule has 73 valence electrons. The molecule has 0 rings (SSSR count). The Labute approximate surface area is 84.5 Å². The Morgan fingerprint density at radius 2 is 0.500 bits per heavy atom. The predicted octanol–water partition coefficient (Wildman–Crippen LogP) is 4.80. The molecule has 10 heavy (non-hydrogen) atoms. The van der Waals surface area contributed by atoms with E-state index < -0.39 is 0 Å². The van der Waals surface area contributed by atoms with Gasteiger partial charge in [0.25, 0.3) is 0 Å². The molecule has 0 saturated carbocycles. The van der Waals surface area contributed by atoms with Crippen molar-refractivity contribution in [3.63, 3.8) is 0 Å². The topological polar surface area (TPSA) is 0 Å². The molecule has 0 aromatic heterocycles. The largest absolute Gasteiger partial charge is 0.358 e. The van der Waals surface area contributed by atoms with E-state index >= 15 is 0 Å². The third kappa shape index (κ3) is 1160. The maximum absolute atomic E-state index is 2.00. The summed E-state index contributed by atoms with van der Waals surface area (Å²) in [5.74, 6) is 0. The van der Waals surface area contributed by atoms with Gasteiger partial charge in [-0.3, -0.25) is 0 Å². The van der Waals surface area contributed by atoms with Gasteiger partial charge < -0.3 is 7.43 Å². The monoisotopic (exact) mass is 324 g/mol. The third-order valence-corrected chi connectivity index (χ3v) is 0. The summed E-state index contributed by atoms with van der Waals surface area (Å²) in [7, 11) is 0. The molecule has 0 aromatic carbocycles. The molecule has 1 radical (unpaired) electrons. The summed E-state index contributed by atoms with van der Waals surface area (Å²) in [5, 5.41) is 0. The van der Waals surface area contributed by atoms with Crippen molar-refractivity contribution < 1.29 is 20.4 Å². The zero-order chi connectivity index (χ0) is 6.00. The molecule has 0 aliphatic heterocycles. The minimum Gasteiger partial charge on any atom is -0.358 e. The van der Waals surface area contributed by atoms with E-state index in [0.717, 1.165) is 0 Å². The number of hydrogen-bond acceptors (Lipinski definition) is 0. The first-order valence-corrected chi connectivity index (χ1v) is 3.00. The molecule has 1 heteroatoms. The first kappa shape index (κ1) is 74.2. The van der Waals surface area contributed by atoms with Crippen molar-refractivity contribution in [2.75, 3.05) is 0 Å². The Hall–Kier alpha value is 0.662. The van der Waals surface area contributed by atoms with Crippen LogP contribution in [0.4, 0.5) is 0 Å². The minimum atomic E-state index is 0. The molecule has 0 amide bonds. The van der Waals surface area contributed by atoms with Crippen molar-refractivity contribution in [1.82, 2.24) is 0 Å². The Bertz CT molecular complexity index is 4.69. The van der Waals surface area contributed by atoms with Crippen LogP contribution in [-0.2, 0) is 20.4 Å². The molecule has 0 saturated heterocycles. The fourth-order valence-corrected chi connectivity index (χ4v) is 0. The Balaban J connectivity index is -0.00000000225. The molecule has 0 nitrogen and oxygen atoms in total. The molecule has 0 atom stereocenters. The molecule has 0 N–H and O–H groups in total. The Morgan fingerprint density at radius 3 is 0.500 bits per heavy atom. The second-order valence-electron chi connectivity index (χ2n) is 0. The first-order valence-electron chi connectivity index (χ1n) is 3.00. The van der Waals surface area contributed by atoms with Crippen molar-refractivity contribution in [3.05, 3.63) is 7.43 Å². The molecular weight excluding hydrogens is 294 g/mol. The van der Waals surface area contributed by atoms with E-state index in [1.54, 1.807) is 0 Å². The molecule has 0 fully saturated rings. The summed E-state index contributed by atoms with van der Waals surface area (Å²) in [6, 6.07) is 0. The van der Waals surface area contributed by atoms with Gasteiger partial charge in [-0.15, -0.1) is 0 Å². The molecule has 0 aliphatic carbocycles. The van der Waals surface area contributed by atoms with Crippen molar-refractivity contribution in [3.8, 4) is 0 Å². The smallest absolute Gasteiger partial charge is 0 e. The van der Waals surface area contributed by atoms with E-state index in [0.29, 0.717) is 0 Å². The van der Waals surface area contributed by atoms with Gasteiger partial charge in [0.05, 0.1) is 0 Å². The van der Waals surface area contributed by atoms with Gasteiger partial charge in [0.15, 0.2) is 0 Å². The summed E-state index contributed by atoms with van der Waals surface area (Å²) in [6.07, 6.45) is 0. The van der Waals surface area contributed by atoms with Gasteiger partial charge >= 0.3 is 0 Å². The fraction of sp³-hybridized carbons (Fsp3) is 0.889. The van der Waals surface area contributed by atoms with E-state index in [1.807, 2.05) is 41.5 Å².